The van der Waals surface area contributed by atoms with Crippen LogP contribution in [0, 0.1) is 5.82 Å². The molecule has 0 saturated heterocycles. The Morgan fingerprint density at radius 3 is 2.56 bits per heavy atom. The lowest BCUT2D eigenvalue weighted by Crippen LogP contribution is -2.37. The second-order valence-electron chi connectivity index (χ2n) is 4.61. The van der Waals surface area contributed by atoms with E-state index in [1.807, 2.05) is 20.2 Å². The Morgan fingerprint density at radius 1 is 1.31 bits per heavy atom. The monoisotopic (exact) mass is 224 g/mol. The van der Waals surface area contributed by atoms with E-state index in [1.54, 1.807) is 12.1 Å². The van der Waals surface area contributed by atoms with Crippen molar-refractivity contribution >= 4 is 0 Å². The summed E-state index contributed by atoms with van der Waals surface area (Å²) in [4.78, 5) is 2.13. The van der Waals surface area contributed by atoms with E-state index < -0.39 is 0 Å². The fourth-order valence-corrected chi connectivity index (χ4v) is 1.90. The van der Waals surface area contributed by atoms with E-state index in [4.69, 9.17) is 0 Å². The van der Waals surface area contributed by atoms with Gasteiger partial charge in [-0.1, -0.05) is 12.1 Å². The van der Waals surface area contributed by atoms with Crippen molar-refractivity contribution in [1.29, 1.82) is 0 Å². The molecule has 0 saturated carbocycles. The summed E-state index contributed by atoms with van der Waals surface area (Å²) in [5.74, 6) is -0.175. The zero-order chi connectivity index (χ0) is 12.1. The summed E-state index contributed by atoms with van der Waals surface area (Å²) in [6.07, 6.45) is 0. The molecule has 0 aliphatic heterocycles. The number of halogens is 1. The van der Waals surface area contributed by atoms with Crippen LogP contribution in [0.4, 0.5) is 4.39 Å². The van der Waals surface area contributed by atoms with Crippen LogP contribution in [-0.2, 0) is 0 Å². The van der Waals surface area contributed by atoms with Crippen LogP contribution in [0.5, 0.6) is 0 Å². The molecule has 90 valence electrons. The molecule has 0 aromatic heterocycles. The Hall–Kier alpha value is -0.930. The molecule has 2 unspecified atom stereocenters. The Morgan fingerprint density at radius 2 is 2.00 bits per heavy atom. The van der Waals surface area contributed by atoms with E-state index in [0.29, 0.717) is 6.04 Å². The third-order valence-corrected chi connectivity index (χ3v) is 2.52. The van der Waals surface area contributed by atoms with Crippen molar-refractivity contribution in [2.45, 2.75) is 25.9 Å². The Bertz CT molecular complexity index is 325. The smallest absolute Gasteiger partial charge is 0.123 e. The first-order valence-electron chi connectivity index (χ1n) is 5.65. The third-order valence-electron chi connectivity index (χ3n) is 2.52. The van der Waals surface area contributed by atoms with Gasteiger partial charge in [0.1, 0.15) is 5.82 Å². The molecule has 0 aliphatic carbocycles. The molecule has 3 heteroatoms. The molecule has 0 heterocycles. The molecule has 1 N–H and O–H groups in total. The summed E-state index contributed by atoms with van der Waals surface area (Å²) < 4.78 is 13.0. The van der Waals surface area contributed by atoms with Crippen molar-refractivity contribution in [3.8, 4) is 0 Å². The van der Waals surface area contributed by atoms with E-state index >= 15 is 0 Å². The molecule has 2 atom stereocenters. The quantitative estimate of drug-likeness (QED) is 0.826. The van der Waals surface area contributed by atoms with Crippen LogP contribution >= 0.6 is 0 Å². The molecule has 1 aromatic carbocycles. The van der Waals surface area contributed by atoms with Gasteiger partial charge in [0.2, 0.25) is 0 Å². The Balaban J connectivity index is 2.55. The summed E-state index contributed by atoms with van der Waals surface area (Å²) in [6.45, 7) is 5.16. The second-order valence-corrected chi connectivity index (χ2v) is 4.61. The first-order chi connectivity index (χ1) is 7.49. The highest BCUT2D eigenvalue weighted by molar-refractivity contribution is 5.19. The van der Waals surface area contributed by atoms with Crippen molar-refractivity contribution in [1.82, 2.24) is 10.2 Å². The van der Waals surface area contributed by atoms with Gasteiger partial charge in [-0.25, -0.2) is 4.39 Å². The van der Waals surface area contributed by atoms with Crippen molar-refractivity contribution in [2.24, 2.45) is 0 Å². The minimum Gasteiger partial charge on any atom is -0.308 e. The largest absolute Gasteiger partial charge is 0.308 e. The lowest BCUT2D eigenvalue weighted by atomic mass is 10.1. The minimum atomic E-state index is -0.175. The summed E-state index contributed by atoms with van der Waals surface area (Å²) in [5, 5.41) is 3.45. The van der Waals surface area contributed by atoms with Crippen molar-refractivity contribution in [3.05, 3.63) is 35.6 Å². The van der Waals surface area contributed by atoms with Crippen LogP contribution in [0.1, 0.15) is 25.5 Å². The van der Waals surface area contributed by atoms with E-state index in [-0.39, 0.29) is 11.9 Å². The highest BCUT2D eigenvalue weighted by Crippen LogP contribution is 2.14. The highest BCUT2D eigenvalue weighted by atomic mass is 19.1. The highest BCUT2D eigenvalue weighted by Gasteiger charge is 2.10. The van der Waals surface area contributed by atoms with E-state index in [0.717, 1.165) is 12.1 Å². The van der Waals surface area contributed by atoms with Gasteiger partial charge in [0.05, 0.1) is 0 Å². The molecule has 0 fully saturated rings. The van der Waals surface area contributed by atoms with Gasteiger partial charge in [-0.3, -0.25) is 0 Å². The number of benzene rings is 1. The summed E-state index contributed by atoms with van der Waals surface area (Å²) in [7, 11) is 4.09. The van der Waals surface area contributed by atoms with Crippen LogP contribution in [0.2, 0.25) is 0 Å². The molecule has 0 aliphatic rings. The van der Waals surface area contributed by atoms with Crippen LogP contribution in [0.3, 0.4) is 0 Å². The van der Waals surface area contributed by atoms with E-state index in [9.17, 15) is 4.39 Å². The molecule has 1 rings (SSSR count). The third kappa shape index (κ3) is 4.29. The summed E-state index contributed by atoms with van der Waals surface area (Å²) >= 11 is 0. The van der Waals surface area contributed by atoms with Gasteiger partial charge in [-0.05, 0) is 45.6 Å². The Labute approximate surface area is 97.5 Å². The molecule has 0 bridgehead atoms. The van der Waals surface area contributed by atoms with Crippen LogP contribution < -0.4 is 5.32 Å². The average molecular weight is 224 g/mol. The van der Waals surface area contributed by atoms with Crippen molar-refractivity contribution < 1.29 is 4.39 Å². The molecular weight excluding hydrogens is 203 g/mol. The number of rotatable bonds is 5. The molecule has 2 nitrogen and oxygen atoms in total. The number of nitrogens with one attached hydrogen (secondary N) is 1. The lowest BCUT2D eigenvalue weighted by Gasteiger charge is -2.23. The fraction of sp³-hybridized carbons (Fsp3) is 0.538. The zero-order valence-corrected chi connectivity index (χ0v) is 10.5. The van der Waals surface area contributed by atoms with Gasteiger partial charge in [0.25, 0.3) is 0 Å². The van der Waals surface area contributed by atoms with Gasteiger partial charge >= 0.3 is 0 Å². The molecule has 0 radical (unpaired) electrons. The number of hydrogen-bond donors (Lipinski definition) is 1. The van der Waals surface area contributed by atoms with E-state index in [1.165, 1.54) is 6.07 Å². The molecule has 1 aromatic rings. The maximum atomic E-state index is 13.0. The topological polar surface area (TPSA) is 15.3 Å². The SMILES string of the molecule is CC(CN(C)C)NC(C)c1cccc(F)c1. The molecule has 0 spiro atoms. The van der Waals surface area contributed by atoms with Gasteiger partial charge in [-0.2, -0.15) is 0 Å². The Kier molecular flexibility index (Phi) is 4.90. The standard InChI is InChI=1S/C13H21FN2/c1-10(9-16(3)4)15-11(2)12-6-5-7-13(14)8-12/h5-8,10-11,15H,9H2,1-4H3. The predicted octanol–water partition coefficient (Wildman–Crippen LogP) is 2.43. The van der Waals surface area contributed by atoms with Crippen LogP contribution in [0.25, 0.3) is 0 Å². The van der Waals surface area contributed by atoms with Crippen molar-refractivity contribution in [3.63, 3.8) is 0 Å². The van der Waals surface area contributed by atoms with Gasteiger partial charge in [-0.15, -0.1) is 0 Å². The first-order valence-corrected chi connectivity index (χ1v) is 5.65. The lowest BCUT2D eigenvalue weighted by molar-refractivity contribution is 0.334. The maximum Gasteiger partial charge on any atom is 0.123 e. The van der Waals surface area contributed by atoms with E-state index in [2.05, 4.69) is 24.1 Å². The van der Waals surface area contributed by atoms with Crippen LogP contribution in [0.15, 0.2) is 24.3 Å². The normalized spacial score (nSPS) is 15.1. The number of hydrogen-bond acceptors (Lipinski definition) is 2. The van der Waals surface area contributed by atoms with Gasteiger partial charge < -0.3 is 10.2 Å². The predicted molar refractivity (Wildman–Crippen MR) is 66.0 cm³/mol. The maximum absolute atomic E-state index is 13.0. The molecule has 16 heavy (non-hydrogen) atoms. The molecular formula is C13H21FN2. The molecule has 0 amide bonds. The number of likely N-dealkylation sites (N-methyl/N-ethyl adjacent to an activating group) is 1. The second kappa shape index (κ2) is 5.97. The summed E-state index contributed by atoms with van der Waals surface area (Å²) in [5.41, 5.74) is 0.991. The average Bonchev–Trinajstić information content (AvgIpc) is 2.16. The van der Waals surface area contributed by atoms with Crippen LogP contribution in [-0.4, -0.2) is 31.6 Å². The van der Waals surface area contributed by atoms with Gasteiger partial charge in [0.15, 0.2) is 0 Å². The zero-order valence-electron chi connectivity index (χ0n) is 10.5. The van der Waals surface area contributed by atoms with Gasteiger partial charge in [0, 0.05) is 18.6 Å². The van der Waals surface area contributed by atoms with Crippen molar-refractivity contribution in [2.75, 3.05) is 20.6 Å². The summed E-state index contributed by atoms with van der Waals surface area (Å²) in [6, 6.07) is 7.31. The fourth-order valence-electron chi connectivity index (χ4n) is 1.90. The minimum absolute atomic E-state index is 0.172. The number of nitrogens with zero attached hydrogens (tertiary/aromatic N) is 1. The first kappa shape index (κ1) is 13.1.